The van der Waals surface area contributed by atoms with Crippen molar-refractivity contribution in [3.8, 4) is 5.75 Å². The van der Waals surface area contributed by atoms with E-state index in [2.05, 4.69) is 37.4 Å². The summed E-state index contributed by atoms with van der Waals surface area (Å²) in [5.41, 5.74) is 9.37. The number of nitrogens with two attached hydrogens (primary N) is 1. The van der Waals surface area contributed by atoms with E-state index in [1.165, 1.54) is 16.7 Å². The smallest absolute Gasteiger partial charge is 0.257 e. The summed E-state index contributed by atoms with van der Waals surface area (Å²) in [6, 6.07) is 13.0. The molecule has 0 aliphatic carbocycles. The highest BCUT2D eigenvalue weighted by Gasteiger charge is 2.10. The summed E-state index contributed by atoms with van der Waals surface area (Å²) in [4.78, 5) is 23.2. The zero-order valence-electron chi connectivity index (χ0n) is 14.7. The first-order valence-electron chi connectivity index (χ1n) is 8.32. The number of primary amides is 1. The fourth-order valence-electron chi connectivity index (χ4n) is 2.62. The lowest BCUT2D eigenvalue weighted by atomic mass is 10.0. The van der Waals surface area contributed by atoms with E-state index in [4.69, 9.17) is 10.5 Å². The van der Waals surface area contributed by atoms with Crippen LogP contribution in [0.4, 0.5) is 0 Å². The molecule has 0 bridgehead atoms. The molecule has 25 heavy (non-hydrogen) atoms. The number of carbonyl (C=O) groups is 2. The molecule has 0 unspecified atom stereocenters. The van der Waals surface area contributed by atoms with E-state index >= 15 is 0 Å². The van der Waals surface area contributed by atoms with E-state index in [0.717, 1.165) is 12.8 Å². The molecular formula is C20H24N2O3. The summed E-state index contributed by atoms with van der Waals surface area (Å²) >= 11 is 0. The van der Waals surface area contributed by atoms with Gasteiger partial charge in [0.25, 0.3) is 11.8 Å². The van der Waals surface area contributed by atoms with Gasteiger partial charge in [0.05, 0.1) is 5.56 Å². The Morgan fingerprint density at radius 2 is 1.88 bits per heavy atom. The van der Waals surface area contributed by atoms with Gasteiger partial charge in [-0.05, 0) is 49.9 Å². The van der Waals surface area contributed by atoms with Crippen molar-refractivity contribution in [2.45, 2.75) is 26.7 Å². The van der Waals surface area contributed by atoms with Crippen LogP contribution in [0.25, 0.3) is 0 Å². The first-order valence-corrected chi connectivity index (χ1v) is 8.32. The Kier molecular flexibility index (Phi) is 6.57. The summed E-state index contributed by atoms with van der Waals surface area (Å²) in [6.45, 7) is 4.61. The molecule has 132 valence electrons. The van der Waals surface area contributed by atoms with Crippen LogP contribution < -0.4 is 15.8 Å². The van der Waals surface area contributed by atoms with Crippen molar-refractivity contribution in [2.75, 3.05) is 13.2 Å². The first-order chi connectivity index (χ1) is 12.0. The van der Waals surface area contributed by atoms with Crippen molar-refractivity contribution in [1.82, 2.24) is 5.32 Å². The number of amides is 2. The average Bonchev–Trinajstić information content (AvgIpc) is 2.58. The molecule has 0 spiro atoms. The first kappa shape index (κ1) is 18.5. The Hall–Kier alpha value is -2.82. The van der Waals surface area contributed by atoms with E-state index in [9.17, 15) is 9.59 Å². The summed E-state index contributed by atoms with van der Waals surface area (Å²) in [5.74, 6) is -0.482. The normalized spacial score (nSPS) is 10.3. The number of hydrogen-bond donors (Lipinski definition) is 2. The Balaban J connectivity index is 1.73. The van der Waals surface area contributed by atoms with Gasteiger partial charge in [-0.3, -0.25) is 9.59 Å². The maximum absolute atomic E-state index is 11.9. The molecule has 0 atom stereocenters. The van der Waals surface area contributed by atoms with Crippen LogP contribution >= 0.6 is 0 Å². The van der Waals surface area contributed by atoms with Crippen molar-refractivity contribution in [1.29, 1.82) is 0 Å². The number of aryl methyl sites for hydroxylation is 3. The Bertz CT molecular complexity index is 756. The van der Waals surface area contributed by atoms with E-state index in [1.807, 2.05) is 0 Å². The number of hydrogen-bond acceptors (Lipinski definition) is 3. The number of para-hydroxylation sites is 1. The molecule has 0 heterocycles. The van der Waals surface area contributed by atoms with Gasteiger partial charge >= 0.3 is 0 Å². The molecule has 2 aromatic rings. The number of nitrogens with one attached hydrogen (secondary N) is 1. The van der Waals surface area contributed by atoms with Gasteiger partial charge < -0.3 is 15.8 Å². The minimum Gasteiger partial charge on any atom is -0.483 e. The lowest BCUT2D eigenvalue weighted by Crippen LogP contribution is -2.30. The topological polar surface area (TPSA) is 81.4 Å². The third kappa shape index (κ3) is 5.64. The standard InChI is InChI=1S/C20H24N2O3/c1-14-9-10-16(15(2)12-14)6-5-11-22-19(23)13-25-18-8-4-3-7-17(18)20(21)24/h3-4,7-10,12H,5-6,11,13H2,1-2H3,(H2,21,24)(H,22,23). The second-order valence-corrected chi connectivity index (χ2v) is 6.03. The molecule has 0 aliphatic rings. The van der Waals surface area contributed by atoms with Gasteiger partial charge in [-0.15, -0.1) is 0 Å². The summed E-state index contributed by atoms with van der Waals surface area (Å²) in [6.07, 6.45) is 1.77. The molecule has 0 aromatic heterocycles. The van der Waals surface area contributed by atoms with Crippen LogP contribution in [0.2, 0.25) is 0 Å². The molecule has 0 aliphatic heterocycles. The largest absolute Gasteiger partial charge is 0.483 e. The number of carbonyl (C=O) groups excluding carboxylic acids is 2. The van der Waals surface area contributed by atoms with Gasteiger partial charge in [0.15, 0.2) is 6.61 Å². The Labute approximate surface area is 148 Å². The minimum absolute atomic E-state index is 0.145. The minimum atomic E-state index is -0.579. The molecule has 3 N–H and O–H groups in total. The third-order valence-electron chi connectivity index (χ3n) is 3.95. The van der Waals surface area contributed by atoms with Gasteiger partial charge in [-0.1, -0.05) is 35.9 Å². The van der Waals surface area contributed by atoms with Crippen LogP contribution in [-0.4, -0.2) is 25.0 Å². The lowest BCUT2D eigenvalue weighted by molar-refractivity contribution is -0.123. The van der Waals surface area contributed by atoms with Crippen LogP contribution in [0, 0.1) is 13.8 Å². The van der Waals surface area contributed by atoms with Crippen molar-refractivity contribution in [2.24, 2.45) is 5.73 Å². The highest BCUT2D eigenvalue weighted by molar-refractivity contribution is 5.95. The van der Waals surface area contributed by atoms with E-state index in [-0.39, 0.29) is 18.1 Å². The molecular weight excluding hydrogens is 316 g/mol. The number of ether oxygens (including phenoxy) is 1. The van der Waals surface area contributed by atoms with Crippen LogP contribution in [-0.2, 0) is 11.2 Å². The zero-order valence-corrected chi connectivity index (χ0v) is 14.7. The lowest BCUT2D eigenvalue weighted by Gasteiger charge is -2.10. The van der Waals surface area contributed by atoms with Crippen LogP contribution in [0.15, 0.2) is 42.5 Å². The maximum Gasteiger partial charge on any atom is 0.257 e. The third-order valence-corrected chi connectivity index (χ3v) is 3.95. The van der Waals surface area contributed by atoms with Gasteiger partial charge in [0, 0.05) is 6.54 Å². The highest BCUT2D eigenvalue weighted by atomic mass is 16.5. The molecule has 0 saturated carbocycles. The molecule has 0 radical (unpaired) electrons. The monoisotopic (exact) mass is 340 g/mol. The van der Waals surface area contributed by atoms with Crippen molar-refractivity contribution in [3.63, 3.8) is 0 Å². The maximum atomic E-state index is 11.9. The van der Waals surface area contributed by atoms with Crippen LogP contribution in [0.5, 0.6) is 5.75 Å². The second kappa shape index (κ2) is 8.87. The number of rotatable bonds is 8. The predicted octanol–water partition coefficient (Wildman–Crippen LogP) is 2.53. The summed E-state index contributed by atoms with van der Waals surface area (Å²) < 4.78 is 5.39. The molecule has 5 nitrogen and oxygen atoms in total. The zero-order chi connectivity index (χ0) is 18.2. The Morgan fingerprint density at radius 1 is 1.12 bits per heavy atom. The summed E-state index contributed by atoms with van der Waals surface area (Å²) in [7, 11) is 0. The molecule has 2 aromatic carbocycles. The van der Waals surface area contributed by atoms with Gasteiger partial charge in [-0.2, -0.15) is 0 Å². The average molecular weight is 340 g/mol. The fraction of sp³-hybridized carbons (Fsp3) is 0.300. The van der Waals surface area contributed by atoms with Crippen molar-refractivity contribution >= 4 is 11.8 Å². The van der Waals surface area contributed by atoms with E-state index in [0.29, 0.717) is 12.3 Å². The number of benzene rings is 2. The van der Waals surface area contributed by atoms with Crippen molar-refractivity contribution in [3.05, 3.63) is 64.7 Å². The Morgan fingerprint density at radius 3 is 2.60 bits per heavy atom. The van der Waals surface area contributed by atoms with Gasteiger partial charge in [0.1, 0.15) is 5.75 Å². The highest BCUT2D eigenvalue weighted by Crippen LogP contribution is 2.17. The van der Waals surface area contributed by atoms with Gasteiger partial charge in [0.2, 0.25) is 0 Å². The predicted molar refractivity (Wildman–Crippen MR) is 97.7 cm³/mol. The molecule has 0 fully saturated rings. The van der Waals surface area contributed by atoms with Crippen molar-refractivity contribution < 1.29 is 14.3 Å². The summed E-state index contributed by atoms with van der Waals surface area (Å²) in [5, 5.41) is 2.82. The fourth-order valence-corrected chi connectivity index (χ4v) is 2.62. The van der Waals surface area contributed by atoms with E-state index in [1.54, 1.807) is 24.3 Å². The molecule has 0 saturated heterocycles. The quantitative estimate of drug-likeness (QED) is 0.725. The van der Waals surface area contributed by atoms with E-state index < -0.39 is 5.91 Å². The van der Waals surface area contributed by atoms with Gasteiger partial charge in [-0.25, -0.2) is 0 Å². The molecule has 5 heteroatoms. The van der Waals surface area contributed by atoms with Crippen LogP contribution in [0.3, 0.4) is 0 Å². The molecule has 2 rings (SSSR count). The second-order valence-electron chi connectivity index (χ2n) is 6.03. The molecule has 2 amide bonds. The van der Waals surface area contributed by atoms with Crippen LogP contribution in [0.1, 0.15) is 33.5 Å². The SMILES string of the molecule is Cc1ccc(CCCNC(=O)COc2ccccc2C(N)=O)c(C)c1.